The van der Waals surface area contributed by atoms with Crippen molar-refractivity contribution in [2.24, 2.45) is 0 Å². The fraction of sp³-hybridized carbons (Fsp3) is 0.643. The van der Waals surface area contributed by atoms with Crippen LogP contribution in [0.15, 0.2) is 23.9 Å². The first-order valence-corrected chi connectivity index (χ1v) is 6.55. The third-order valence-electron chi connectivity index (χ3n) is 2.08. The molecule has 18 heavy (non-hydrogen) atoms. The Kier molecular flexibility index (Phi) is 12.9. The molecule has 0 radical (unpaired) electrons. The van der Waals surface area contributed by atoms with Crippen LogP contribution in [0.4, 0.5) is 0 Å². The third-order valence-corrected chi connectivity index (χ3v) is 2.08. The first-order chi connectivity index (χ1) is 8.59. The number of rotatable bonds is 5. The van der Waals surface area contributed by atoms with Crippen LogP contribution in [0.3, 0.4) is 0 Å². The Hall–Kier alpha value is -1.29. The van der Waals surface area contributed by atoms with E-state index in [1.807, 2.05) is 27.7 Å². The van der Waals surface area contributed by atoms with Crippen LogP contribution < -0.4 is 5.32 Å². The maximum Gasteiger partial charge on any atom is 0.331 e. The zero-order chi connectivity index (χ0) is 14.6. The lowest BCUT2D eigenvalue weighted by atomic mass is 10.2. The standard InChI is InChI=1S/C10H15NO3.2C2H6/c1-7(10(12)13)5-8(2)11-6-9-3-4-14-9;2*1-2/h5,9,11H,2-4,6H2,1H3,(H,12,13);2*1-2H3/b7-5+;;. The molecule has 0 bridgehead atoms. The van der Waals surface area contributed by atoms with Gasteiger partial charge in [-0.2, -0.15) is 0 Å². The molecule has 1 heterocycles. The van der Waals surface area contributed by atoms with Crippen molar-refractivity contribution in [3.8, 4) is 0 Å². The number of hydrogen-bond donors (Lipinski definition) is 2. The number of carboxylic acids is 1. The van der Waals surface area contributed by atoms with Crippen LogP contribution in [-0.2, 0) is 9.53 Å². The van der Waals surface area contributed by atoms with Crippen LogP contribution >= 0.6 is 0 Å². The Balaban J connectivity index is 0. The molecule has 0 saturated carbocycles. The Morgan fingerprint density at radius 1 is 1.44 bits per heavy atom. The molecule has 0 amide bonds. The summed E-state index contributed by atoms with van der Waals surface area (Å²) in [7, 11) is 0. The Labute approximate surface area is 111 Å². The number of allylic oxidation sites excluding steroid dienone is 1. The Morgan fingerprint density at radius 3 is 2.28 bits per heavy atom. The predicted octanol–water partition coefficient (Wildman–Crippen LogP) is 2.96. The summed E-state index contributed by atoms with van der Waals surface area (Å²) in [6.45, 7) is 14.8. The van der Waals surface area contributed by atoms with Gasteiger partial charge in [0.05, 0.1) is 6.10 Å². The van der Waals surface area contributed by atoms with Gasteiger partial charge in [-0.15, -0.1) is 0 Å². The van der Waals surface area contributed by atoms with Crippen molar-refractivity contribution < 1.29 is 14.6 Å². The van der Waals surface area contributed by atoms with Crippen molar-refractivity contribution in [1.29, 1.82) is 0 Å². The molecule has 4 nitrogen and oxygen atoms in total. The highest BCUT2D eigenvalue weighted by atomic mass is 16.5. The highest BCUT2D eigenvalue weighted by Gasteiger charge is 2.17. The first-order valence-electron chi connectivity index (χ1n) is 6.55. The number of hydrogen-bond acceptors (Lipinski definition) is 3. The number of nitrogens with one attached hydrogen (secondary N) is 1. The molecule has 1 aliphatic heterocycles. The van der Waals surface area contributed by atoms with E-state index in [-0.39, 0.29) is 11.7 Å². The Morgan fingerprint density at radius 2 is 1.94 bits per heavy atom. The van der Waals surface area contributed by atoms with Crippen molar-refractivity contribution in [3.63, 3.8) is 0 Å². The number of carbonyl (C=O) groups is 1. The monoisotopic (exact) mass is 257 g/mol. The minimum absolute atomic E-state index is 0.255. The summed E-state index contributed by atoms with van der Waals surface area (Å²) in [6, 6.07) is 0. The van der Waals surface area contributed by atoms with E-state index >= 15 is 0 Å². The lowest BCUT2D eigenvalue weighted by Crippen LogP contribution is -2.36. The van der Waals surface area contributed by atoms with Crippen molar-refractivity contribution in [2.75, 3.05) is 13.2 Å². The molecule has 2 N–H and O–H groups in total. The van der Waals surface area contributed by atoms with E-state index in [2.05, 4.69) is 11.9 Å². The topological polar surface area (TPSA) is 58.6 Å². The van der Waals surface area contributed by atoms with Crippen molar-refractivity contribution >= 4 is 5.97 Å². The molecule has 0 aliphatic carbocycles. The van der Waals surface area contributed by atoms with Gasteiger partial charge < -0.3 is 15.2 Å². The van der Waals surface area contributed by atoms with Gasteiger partial charge in [0.2, 0.25) is 0 Å². The summed E-state index contributed by atoms with van der Waals surface area (Å²) >= 11 is 0. The minimum atomic E-state index is -0.923. The summed E-state index contributed by atoms with van der Waals surface area (Å²) < 4.78 is 5.19. The van der Waals surface area contributed by atoms with E-state index in [0.717, 1.165) is 13.0 Å². The SMILES string of the molecule is C=C(/C=C(\C)C(=O)O)NCC1CCO1.CC.CC. The molecule has 1 unspecified atom stereocenters. The average Bonchev–Trinajstić information content (AvgIpc) is 2.32. The molecule has 1 atom stereocenters. The fourth-order valence-electron chi connectivity index (χ4n) is 1.06. The van der Waals surface area contributed by atoms with Crippen LogP contribution in [0.25, 0.3) is 0 Å². The van der Waals surface area contributed by atoms with Crippen LogP contribution in [0, 0.1) is 0 Å². The van der Waals surface area contributed by atoms with Gasteiger partial charge in [0.15, 0.2) is 0 Å². The summed E-state index contributed by atoms with van der Waals surface area (Å²) in [4.78, 5) is 10.5. The molecule has 0 aromatic heterocycles. The molecule has 4 heteroatoms. The summed E-state index contributed by atoms with van der Waals surface area (Å²) in [5, 5.41) is 11.6. The van der Waals surface area contributed by atoms with Crippen LogP contribution in [0.1, 0.15) is 41.0 Å². The zero-order valence-corrected chi connectivity index (χ0v) is 12.2. The molecular weight excluding hydrogens is 230 g/mol. The van der Waals surface area contributed by atoms with E-state index in [1.54, 1.807) is 0 Å². The molecule has 1 fully saturated rings. The predicted molar refractivity (Wildman–Crippen MR) is 75.6 cm³/mol. The molecular formula is C14H27NO3. The van der Waals surface area contributed by atoms with E-state index in [0.29, 0.717) is 12.2 Å². The van der Waals surface area contributed by atoms with Gasteiger partial charge in [0.25, 0.3) is 0 Å². The van der Waals surface area contributed by atoms with E-state index < -0.39 is 5.97 Å². The second kappa shape index (κ2) is 12.2. The van der Waals surface area contributed by atoms with Crippen LogP contribution in [-0.4, -0.2) is 30.3 Å². The average molecular weight is 257 g/mol. The van der Waals surface area contributed by atoms with E-state index in [4.69, 9.17) is 9.84 Å². The van der Waals surface area contributed by atoms with Gasteiger partial charge in [0, 0.05) is 24.4 Å². The van der Waals surface area contributed by atoms with Gasteiger partial charge in [-0.25, -0.2) is 4.79 Å². The maximum absolute atomic E-state index is 10.5. The number of aliphatic carboxylic acids is 1. The lowest BCUT2D eigenvalue weighted by Gasteiger charge is -2.26. The van der Waals surface area contributed by atoms with Gasteiger partial charge in [-0.05, 0) is 19.4 Å². The van der Waals surface area contributed by atoms with Crippen LogP contribution in [0.5, 0.6) is 0 Å². The van der Waals surface area contributed by atoms with Crippen molar-refractivity contribution in [3.05, 3.63) is 23.9 Å². The minimum Gasteiger partial charge on any atom is -0.478 e. The van der Waals surface area contributed by atoms with Crippen molar-refractivity contribution in [2.45, 2.75) is 47.1 Å². The maximum atomic E-state index is 10.5. The largest absolute Gasteiger partial charge is 0.478 e. The smallest absolute Gasteiger partial charge is 0.331 e. The van der Waals surface area contributed by atoms with Gasteiger partial charge in [-0.1, -0.05) is 34.3 Å². The number of ether oxygens (including phenoxy) is 1. The van der Waals surface area contributed by atoms with Gasteiger partial charge in [-0.3, -0.25) is 0 Å². The zero-order valence-electron chi connectivity index (χ0n) is 12.2. The third kappa shape index (κ3) is 8.82. The second-order valence-corrected chi connectivity index (χ2v) is 3.32. The van der Waals surface area contributed by atoms with Crippen molar-refractivity contribution in [1.82, 2.24) is 5.32 Å². The summed E-state index contributed by atoms with van der Waals surface area (Å²) in [5.74, 6) is -0.923. The van der Waals surface area contributed by atoms with Gasteiger partial charge >= 0.3 is 5.97 Å². The molecule has 1 saturated heterocycles. The highest BCUT2D eigenvalue weighted by molar-refractivity contribution is 5.86. The number of carboxylic acid groups (broad SMARTS) is 1. The summed E-state index contributed by atoms with van der Waals surface area (Å²) in [6.07, 6.45) is 2.83. The molecule has 1 aliphatic rings. The first kappa shape index (κ1) is 19.1. The molecule has 0 aromatic rings. The quantitative estimate of drug-likeness (QED) is 0.587. The summed E-state index contributed by atoms with van der Waals surface area (Å²) in [5.41, 5.74) is 0.887. The molecule has 1 rings (SSSR count). The lowest BCUT2D eigenvalue weighted by molar-refractivity contribution is -0.132. The molecule has 0 spiro atoms. The second-order valence-electron chi connectivity index (χ2n) is 3.32. The molecule has 106 valence electrons. The molecule has 0 aromatic carbocycles. The van der Waals surface area contributed by atoms with Crippen LogP contribution in [0.2, 0.25) is 0 Å². The van der Waals surface area contributed by atoms with E-state index in [9.17, 15) is 4.79 Å². The van der Waals surface area contributed by atoms with E-state index in [1.165, 1.54) is 13.0 Å². The fourth-order valence-corrected chi connectivity index (χ4v) is 1.06. The Bertz CT molecular complexity index is 268. The van der Waals surface area contributed by atoms with Gasteiger partial charge in [0.1, 0.15) is 0 Å². The normalized spacial score (nSPS) is 17.2. The highest BCUT2D eigenvalue weighted by Crippen LogP contribution is 2.09.